The normalized spacial score (nSPS) is 17.9. The molecule has 4 rings (SSSR count). The van der Waals surface area contributed by atoms with E-state index in [1.165, 1.54) is 11.3 Å². The van der Waals surface area contributed by atoms with Gasteiger partial charge in [0.25, 0.3) is 10.0 Å². The number of nitrogens with zero attached hydrogens (tertiary/aromatic N) is 2. The van der Waals surface area contributed by atoms with E-state index in [0.29, 0.717) is 30.4 Å². The smallest absolute Gasteiger partial charge is 0.252 e. The van der Waals surface area contributed by atoms with Gasteiger partial charge in [-0.2, -0.15) is 4.31 Å². The fraction of sp³-hybridized carbons (Fsp3) is 0.412. The Labute approximate surface area is 151 Å². The molecule has 1 fully saturated rings. The molecule has 1 saturated heterocycles. The molecule has 0 aliphatic carbocycles. The van der Waals surface area contributed by atoms with E-state index in [1.54, 1.807) is 10.4 Å². The van der Waals surface area contributed by atoms with Crippen LogP contribution in [0.25, 0.3) is 0 Å². The highest BCUT2D eigenvalue weighted by Gasteiger charge is 2.30. The maximum absolute atomic E-state index is 12.8. The molecule has 0 bridgehead atoms. The van der Waals surface area contributed by atoms with Crippen LogP contribution >= 0.6 is 11.3 Å². The van der Waals surface area contributed by atoms with Crippen LogP contribution in [0.1, 0.15) is 11.8 Å². The molecule has 0 amide bonds. The zero-order valence-electron chi connectivity index (χ0n) is 14.0. The minimum absolute atomic E-state index is 0.255. The van der Waals surface area contributed by atoms with Crippen molar-refractivity contribution in [3.05, 3.63) is 35.2 Å². The number of hydrogen-bond acceptors (Lipinski definition) is 6. The van der Waals surface area contributed by atoms with Gasteiger partial charge >= 0.3 is 0 Å². The zero-order chi connectivity index (χ0) is 17.4. The Kier molecular flexibility index (Phi) is 4.35. The van der Waals surface area contributed by atoms with Gasteiger partial charge in [-0.25, -0.2) is 8.42 Å². The molecular formula is C17H20N2O4S2. The van der Waals surface area contributed by atoms with E-state index in [4.69, 9.17) is 9.47 Å². The topological polar surface area (TPSA) is 59.1 Å². The first-order valence-corrected chi connectivity index (χ1v) is 10.6. The molecular weight excluding hydrogens is 360 g/mol. The van der Waals surface area contributed by atoms with Gasteiger partial charge in [-0.3, -0.25) is 0 Å². The van der Waals surface area contributed by atoms with Crippen molar-refractivity contribution in [1.82, 2.24) is 4.31 Å². The summed E-state index contributed by atoms with van der Waals surface area (Å²) in [5, 5.41) is 0. The summed E-state index contributed by atoms with van der Waals surface area (Å²) in [5.74, 6) is 1.51. The fourth-order valence-electron chi connectivity index (χ4n) is 3.08. The summed E-state index contributed by atoms with van der Waals surface area (Å²) in [5.41, 5.74) is 1.03. The number of thiophene rings is 1. The number of rotatable bonds is 4. The Morgan fingerprint density at radius 3 is 2.52 bits per heavy atom. The van der Waals surface area contributed by atoms with Crippen LogP contribution in [-0.4, -0.2) is 45.7 Å². The van der Waals surface area contributed by atoms with Gasteiger partial charge in [0.05, 0.1) is 0 Å². The van der Waals surface area contributed by atoms with Gasteiger partial charge in [-0.15, -0.1) is 11.3 Å². The molecule has 6 nitrogen and oxygen atoms in total. The summed E-state index contributed by atoms with van der Waals surface area (Å²) in [7, 11) is -3.39. The van der Waals surface area contributed by atoms with E-state index >= 15 is 0 Å². The molecule has 2 aliphatic heterocycles. The molecule has 0 atom stereocenters. The molecule has 1 aromatic heterocycles. The average Bonchev–Trinajstić information content (AvgIpc) is 3.30. The molecule has 2 aliphatic rings. The Bertz CT molecular complexity index is 871. The Morgan fingerprint density at radius 2 is 1.80 bits per heavy atom. The highest BCUT2D eigenvalue weighted by molar-refractivity contribution is 7.91. The van der Waals surface area contributed by atoms with Gasteiger partial charge in [0.15, 0.2) is 11.5 Å². The Balaban J connectivity index is 1.46. The number of anilines is 1. The molecule has 25 heavy (non-hydrogen) atoms. The van der Waals surface area contributed by atoms with Gasteiger partial charge in [0.1, 0.15) is 4.21 Å². The summed E-state index contributed by atoms with van der Waals surface area (Å²) < 4.78 is 38.4. The van der Waals surface area contributed by atoms with Crippen molar-refractivity contribution in [3.8, 4) is 11.5 Å². The lowest BCUT2D eigenvalue weighted by Crippen LogP contribution is -2.48. The first-order chi connectivity index (χ1) is 12.1. The van der Waals surface area contributed by atoms with Gasteiger partial charge in [-0.05, 0) is 30.7 Å². The minimum atomic E-state index is -3.39. The lowest BCUT2D eigenvalue weighted by molar-refractivity contribution is 0.174. The van der Waals surface area contributed by atoms with E-state index in [9.17, 15) is 8.42 Å². The van der Waals surface area contributed by atoms with Crippen LogP contribution in [0.5, 0.6) is 11.5 Å². The highest BCUT2D eigenvalue weighted by Crippen LogP contribution is 2.36. The summed E-state index contributed by atoms with van der Waals surface area (Å²) in [6.45, 7) is 4.57. The number of fused-ring (bicyclic) bond motifs is 1. The predicted octanol–water partition coefficient (Wildman–Crippen LogP) is 2.55. The molecule has 0 spiro atoms. The van der Waals surface area contributed by atoms with E-state index < -0.39 is 10.0 Å². The van der Waals surface area contributed by atoms with Crippen molar-refractivity contribution in [3.63, 3.8) is 0 Å². The van der Waals surface area contributed by atoms with Crippen LogP contribution in [-0.2, 0) is 16.4 Å². The molecule has 1 aromatic carbocycles. The molecule has 0 unspecified atom stereocenters. The summed E-state index contributed by atoms with van der Waals surface area (Å²) in [6, 6.07) is 9.48. The van der Waals surface area contributed by atoms with E-state index in [2.05, 4.69) is 4.90 Å². The summed E-state index contributed by atoms with van der Waals surface area (Å²) >= 11 is 1.37. The van der Waals surface area contributed by atoms with Crippen LogP contribution in [0.2, 0.25) is 0 Å². The Hall–Kier alpha value is -1.77. The largest absolute Gasteiger partial charge is 0.454 e. The first-order valence-electron chi connectivity index (χ1n) is 8.31. The second-order valence-electron chi connectivity index (χ2n) is 6.00. The molecule has 2 aromatic rings. The third-order valence-electron chi connectivity index (χ3n) is 4.54. The lowest BCUT2D eigenvalue weighted by atomic mass is 10.2. The van der Waals surface area contributed by atoms with Crippen molar-refractivity contribution < 1.29 is 17.9 Å². The number of benzene rings is 1. The van der Waals surface area contributed by atoms with E-state index in [0.717, 1.165) is 28.5 Å². The number of hydrogen-bond donors (Lipinski definition) is 0. The van der Waals surface area contributed by atoms with Crippen LogP contribution in [0, 0.1) is 0 Å². The molecule has 0 N–H and O–H groups in total. The van der Waals surface area contributed by atoms with Crippen LogP contribution in [0.3, 0.4) is 0 Å². The number of ether oxygens (including phenoxy) is 2. The molecule has 0 radical (unpaired) electrons. The van der Waals surface area contributed by atoms with E-state index in [-0.39, 0.29) is 6.79 Å². The SMILES string of the molecule is CCc1ccc(S(=O)(=O)N2CCN(c3ccc4c(c3)OCO4)CC2)s1. The fourth-order valence-corrected chi connectivity index (χ4v) is 5.95. The second-order valence-corrected chi connectivity index (χ2v) is 9.34. The van der Waals surface area contributed by atoms with Crippen molar-refractivity contribution in [2.75, 3.05) is 37.9 Å². The van der Waals surface area contributed by atoms with Crippen LogP contribution < -0.4 is 14.4 Å². The van der Waals surface area contributed by atoms with Crippen LogP contribution in [0.4, 0.5) is 5.69 Å². The third-order valence-corrected chi connectivity index (χ3v) is 8.14. The van der Waals surface area contributed by atoms with Crippen molar-refractivity contribution in [2.45, 2.75) is 17.6 Å². The third kappa shape index (κ3) is 3.09. The average molecular weight is 380 g/mol. The molecule has 0 saturated carbocycles. The summed E-state index contributed by atoms with van der Waals surface area (Å²) in [6.07, 6.45) is 0.859. The predicted molar refractivity (Wildman–Crippen MR) is 97.2 cm³/mol. The standard InChI is InChI=1S/C17H20N2O4S2/c1-2-14-4-6-17(24-14)25(20,21)19-9-7-18(8-10-19)13-3-5-15-16(11-13)23-12-22-15/h3-6,11H,2,7-10,12H2,1H3. The number of aryl methyl sites for hydroxylation is 1. The molecule has 3 heterocycles. The van der Waals surface area contributed by atoms with E-state index in [1.807, 2.05) is 31.2 Å². The molecule has 134 valence electrons. The Morgan fingerprint density at radius 1 is 1.04 bits per heavy atom. The molecule has 8 heteroatoms. The maximum Gasteiger partial charge on any atom is 0.252 e. The number of piperazine rings is 1. The van der Waals surface area contributed by atoms with Crippen molar-refractivity contribution in [1.29, 1.82) is 0 Å². The first kappa shape index (κ1) is 16.7. The maximum atomic E-state index is 12.8. The van der Waals surface area contributed by atoms with Gasteiger partial charge in [0.2, 0.25) is 6.79 Å². The second kappa shape index (κ2) is 6.51. The van der Waals surface area contributed by atoms with Crippen molar-refractivity contribution in [2.24, 2.45) is 0 Å². The van der Waals surface area contributed by atoms with Gasteiger partial charge < -0.3 is 14.4 Å². The minimum Gasteiger partial charge on any atom is -0.454 e. The quantitative estimate of drug-likeness (QED) is 0.816. The lowest BCUT2D eigenvalue weighted by Gasteiger charge is -2.35. The van der Waals surface area contributed by atoms with Crippen LogP contribution in [0.15, 0.2) is 34.5 Å². The van der Waals surface area contributed by atoms with Gasteiger partial charge in [0, 0.05) is 42.8 Å². The van der Waals surface area contributed by atoms with Crippen molar-refractivity contribution >= 4 is 27.0 Å². The number of sulfonamides is 1. The highest BCUT2D eigenvalue weighted by atomic mass is 32.2. The van der Waals surface area contributed by atoms with Gasteiger partial charge in [-0.1, -0.05) is 6.92 Å². The zero-order valence-corrected chi connectivity index (χ0v) is 15.6. The summed E-state index contributed by atoms with van der Waals surface area (Å²) in [4.78, 5) is 3.28. The monoisotopic (exact) mass is 380 g/mol.